The van der Waals surface area contributed by atoms with Gasteiger partial charge in [-0.2, -0.15) is 0 Å². The van der Waals surface area contributed by atoms with Crippen LogP contribution in [0, 0.1) is 0 Å². The standard InChI is InChI=1S/C17H25BrN2O2/c1-4-6-16(21)20(13(3)17(22)19-11-5-2)12-14-7-9-15(18)10-8-14/h7-10,13H,4-6,11-12H2,1-3H3,(H,19,22)/t13-/m0/s1. The van der Waals surface area contributed by atoms with Gasteiger partial charge in [0, 0.05) is 24.0 Å². The van der Waals surface area contributed by atoms with E-state index < -0.39 is 6.04 Å². The molecule has 1 atom stereocenters. The summed E-state index contributed by atoms with van der Waals surface area (Å²) in [6.07, 6.45) is 2.12. The summed E-state index contributed by atoms with van der Waals surface area (Å²) in [6.45, 7) is 6.85. The first-order chi connectivity index (χ1) is 10.5. The molecule has 0 aliphatic rings. The smallest absolute Gasteiger partial charge is 0.242 e. The molecule has 0 spiro atoms. The number of carbonyl (C=O) groups is 2. The van der Waals surface area contributed by atoms with Crippen molar-refractivity contribution in [2.45, 2.75) is 52.6 Å². The predicted octanol–water partition coefficient (Wildman–Crippen LogP) is 3.49. The Bertz CT molecular complexity index is 488. The lowest BCUT2D eigenvalue weighted by Gasteiger charge is -2.28. The zero-order valence-corrected chi connectivity index (χ0v) is 15.1. The summed E-state index contributed by atoms with van der Waals surface area (Å²) in [6, 6.07) is 7.36. The first-order valence-electron chi connectivity index (χ1n) is 7.81. The van der Waals surface area contributed by atoms with Gasteiger partial charge in [-0.05, 0) is 37.5 Å². The predicted molar refractivity (Wildman–Crippen MR) is 92.4 cm³/mol. The van der Waals surface area contributed by atoms with Crippen molar-refractivity contribution in [3.8, 4) is 0 Å². The lowest BCUT2D eigenvalue weighted by Crippen LogP contribution is -2.47. The molecule has 0 unspecified atom stereocenters. The molecule has 1 aromatic carbocycles. The van der Waals surface area contributed by atoms with Crippen LogP contribution in [-0.2, 0) is 16.1 Å². The molecule has 1 aromatic rings. The summed E-state index contributed by atoms with van der Waals surface area (Å²) in [5.41, 5.74) is 1.02. The molecule has 1 N–H and O–H groups in total. The molecular formula is C17H25BrN2O2. The third-order valence-corrected chi connectivity index (χ3v) is 3.98. The molecule has 5 heteroatoms. The molecule has 0 heterocycles. The Morgan fingerprint density at radius 3 is 2.36 bits per heavy atom. The fraction of sp³-hybridized carbons (Fsp3) is 0.529. The normalized spacial score (nSPS) is 11.8. The van der Waals surface area contributed by atoms with Gasteiger partial charge in [0.25, 0.3) is 0 Å². The SMILES string of the molecule is CCCNC(=O)[C@H](C)N(Cc1ccc(Br)cc1)C(=O)CCC. The van der Waals surface area contributed by atoms with Crippen molar-refractivity contribution >= 4 is 27.7 Å². The summed E-state index contributed by atoms with van der Waals surface area (Å²) in [5.74, 6) is -0.0759. The zero-order chi connectivity index (χ0) is 16.5. The number of nitrogens with zero attached hydrogens (tertiary/aromatic N) is 1. The van der Waals surface area contributed by atoms with Gasteiger partial charge in [-0.15, -0.1) is 0 Å². The van der Waals surface area contributed by atoms with Crippen LogP contribution >= 0.6 is 15.9 Å². The number of hydrogen-bond donors (Lipinski definition) is 1. The van der Waals surface area contributed by atoms with Crippen LogP contribution in [0.5, 0.6) is 0 Å². The van der Waals surface area contributed by atoms with Crippen molar-refractivity contribution in [1.29, 1.82) is 0 Å². The van der Waals surface area contributed by atoms with Crippen LogP contribution < -0.4 is 5.32 Å². The van der Waals surface area contributed by atoms with E-state index in [2.05, 4.69) is 21.2 Å². The van der Waals surface area contributed by atoms with Crippen molar-refractivity contribution in [2.24, 2.45) is 0 Å². The number of benzene rings is 1. The minimum atomic E-state index is -0.464. The van der Waals surface area contributed by atoms with E-state index in [0.717, 1.165) is 22.9 Å². The molecule has 0 radical (unpaired) electrons. The maximum atomic E-state index is 12.4. The fourth-order valence-corrected chi connectivity index (χ4v) is 2.39. The van der Waals surface area contributed by atoms with Gasteiger partial charge < -0.3 is 10.2 Å². The molecule has 122 valence electrons. The van der Waals surface area contributed by atoms with Gasteiger partial charge in [-0.3, -0.25) is 9.59 Å². The van der Waals surface area contributed by atoms with Gasteiger partial charge in [-0.1, -0.05) is 41.9 Å². The van der Waals surface area contributed by atoms with Crippen molar-refractivity contribution in [3.05, 3.63) is 34.3 Å². The summed E-state index contributed by atoms with van der Waals surface area (Å²) in [5, 5.41) is 2.86. The number of halogens is 1. The lowest BCUT2D eigenvalue weighted by molar-refractivity contribution is -0.140. The molecular weight excluding hydrogens is 344 g/mol. The Balaban J connectivity index is 2.85. The van der Waals surface area contributed by atoms with E-state index >= 15 is 0 Å². The first-order valence-corrected chi connectivity index (χ1v) is 8.60. The second kappa shape index (κ2) is 9.62. The highest BCUT2D eigenvalue weighted by molar-refractivity contribution is 9.10. The van der Waals surface area contributed by atoms with E-state index in [1.807, 2.05) is 38.1 Å². The molecule has 0 saturated heterocycles. The van der Waals surface area contributed by atoms with E-state index in [1.54, 1.807) is 11.8 Å². The van der Waals surface area contributed by atoms with Crippen LogP contribution in [0.15, 0.2) is 28.7 Å². The average molecular weight is 369 g/mol. The van der Waals surface area contributed by atoms with Crippen LogP contribution in [0.4, 0.5) is 0 Å². The molecule has 1 rings (SSSR count). The molecule has 0 aromatic heterocycles. The highest BCUT2D eigenvalue weighted by atomic mass is 79.9. The van der Waals surface area contributed by atoms with Crippen LogP contribution in [0.3, 0.4) is 0 Å². The van der Waals surface area contributed by atoms with Crippen molar-refractivity contribution in [2.75, 3.05) is 6.54 Å². The number of nitrogens with one attached hydrogen (secondary N) is 1. The largest absolute Gasteiger partial charge is 0.354 e. The van der Waals surface area contributed by atoms with E-state index in [9.17, 15) is 9.59 Å². The van der Waals surface area contributed by atoms with Gasteiger partial charge >= 0.3 is 0 Å². The number of carbonyl (C=O) groups excluding carboxylic acids is 2. The fourth-order valence-electron chi connectivity index (χ4n) is 2.12. The van der Waals surface area contributed by atoms with E-state index in [1.165, 1.54) is 0 Å². The van der Waals surface area contributed by atoms with Crippen molar-refractivity contribution in [1.82, 2.24) is 10.2 Å². The Hall–Kier alpha value is -1.36. The molecule has 0 aliphatic carbocycles. The van der Waals surface area contributed by atoms with Gasteiger partial charge in [0.2, 0.25) is 11.8 Å². The molecule has 22 heavy (non-hydrogen) atoms. The van der Waals surface area contributed by atoms with E-state index in [0.29, 0.717) is 19.5 Å². The monoisotopic (exact) mass is 368 g/mol. The molecule has 0 fully saturated rings. The third-order valence-electron chi connectivity index (χ3n) is 3.45. The Kier molecular flexibility index (Phi) is 8.17. The minimum Gasteiger partial charge on any atom is -0.354 e. The van der Waals surface area contributed by atoms with Gasteiger partial charge in [-0.25, -0.2) is 0 Å². The Labute approximate surface area is 141 Å². The summed E-state index contributed by atoms with van der Waals surface area (Å²) in [4.78, 5) is 26.2. The summed E-state index contributed by atoms with van der Waals surface area (Å²) >= 11 is 3.40. The van der Waals surface area contributed by atoms with Gasteiger partial charge in [0.15, 0.2) is 0 Å². The zero-order valence-electron chi connectivity index (χ0n) is 13.6. The maximum Gasteiger partial charge on any atom is 0.242 e. The number of amides is 2. The number of hydrogen-bond acceptors (Lipinski definition) is 2. The quantitative estimate of drug-likeness (QED) is 0.763. The van der Waals surface area contributed by atoms with E-state index in [4.69, 9.17) is 0 Å². The second-order valence-corrected chi connectivity index (χ2v) is 6.28. The van der Waals surface area contributed by atoms with Gasteiger partial charge in [0.1, 0.15) is 6.04 Å². The Morgan fingerprint density at radius 1 is 1.18 bits per heavy atom. The van der Waals surface area contributed by atoms with Crippen molar-refractivity contribution in [3.63, 3.8) is 0 Å². The summed E-state index contributed by atoms with van der Waals surface area (Å²) < 4.78 is 0.997. The van der Waals surface area contributed by atoms with Crippen LogP contribution in [-0.4, -0.2) is 29.3 Å². The summed E-state index contributed by atoms with van der Waals surface area (Å²) in [7, 11) is 0. The average Bonchev–Trinajstić information content (AvgIpc) is 2.51. The van der Waals surface area contributed by atoms with Gasteiger partial charge in [0.05, 0.1) is 0 Å². The molecule has 4 nitrogen and oxygen atoms in total. The molecule has 2 amide bonds. The minimum absolute atomic E-state index is 0.0181. The van der Waals surface area contributed by atoms with Crippen molar-refractivity contribution < 1.29 is 9.59 Å². The van der Waals surface area contributed by atoms with E-state index in [-0.39, 0.29) is 11.8 Å². The van der Waals surface area contributed by atoms with Crippen LogP contribution in [0.2, 0.25) is 0 Å². The highest BCUT2D eigenvalue weighted by Gasteiger charge is 2.25. The molecule has 0 saturated carbocycles. The first kappa shape index (κ1) is 18.7. The maximum absolute atomic E-state index is 12.4. The van der Waals surface area contributed by atoms with Crippen LogP contribution in [0.1, 0.15) is 45.6 Å². The topological polar surface area (TPSA) is 49.4 Å². The second-order valence-electron chi connectivity index (χ2n) is 5.37. The van der Waals surface area contributed by atoms with Crippen LogP contribution in [0.25, 0.3) is 0 Å². The Morgan fingerprint density at radius 2 is 1.82 bits per heavy atom. The highest BCUT2D eigenvalue weighted by Crippen LogP contribution is 2.15. The molecule has 0 aliphatic heterocycles. The lowest BCUT2D eigenvalue weighted by atomic mass is 10.1. The number of rotatable bonds is 8. The third kappa shape index (κ3) is 5.79. The molecule has 0 bridgehead atoms.